The number of thioether (sulfide) groups is 1. The molecule has 2 aromatic carbocycles. The minimum atomic E-state index is -0.371. The van der Waals surface area contributed by atoms with Gasteiger partial charge in [0.1, 0.15) is 11.5 Å². The zero-order valence-corrected chi connectivity index (χ0v) is 19.1. The first-order valence-electron chi connectivity index (χ1n) is 9.82. The van der Waals surface area contributed by atoms with Crippen LogP contribution in [0.2, 0.25) is 0 Å². The molecule has 10 heteroatoms. The molecule has 0 aliphatic rings. The van der Waals surface area contributed by atoms with E-state index in [4.69, 9.17) is 9.47 Å². The summed E-state index contributed by atoms with van der Waals surface area (Å²) in [5.74, 6) is 1.77. The molecule has 0 unspecified atom stereocenters. The van der Waals surface area contributed by atoms with Crippen LogP contribution in [0.3, 0.4) is 0 Å². The van der Waals surface area contributed by atoms with Gasteiger partial charge in [-0.25, -0.2) is 0 Å². The molecule has 32 heavy (non-hydrogen) atoms. The predicted octanol–water partition coefficient (Wildman–Crippen LogP) is 3.05. The lowest BCUT2D eigenvalue weighted by Crippen LogP contribution is -2.28. The first kappa shape index (κ1) is 23.1. The highest BCUT2D eigenvalue weighted by molar-refractivity contribution is 7.99. The third-order valence-electron chi connectivity index (χ3n) is 4.66. The lowest BCUT2D eigenvalue weighted by molar-refractivity contribution is -0.113. The zero-order chi connectivity index (χ0) is 23.1. The number of amides is 2. The van der Waals surface area contributed by atoms with Crippen molar-refractivity contribution in [2.75, 3.05) is 25.3 Å². The van der Waals surface area contributed by atoms with Gasteiger partial charge in [-0.2, -0.15) is 0 Å². The molecule has 2 amide bonds. The summed E-state index contributed by atoms with van der Waals surface area (Å²) >= 11 is 1.27. The van der Waals surface area contributed by atoms with Crippen molar-refractivity contribution in [2.24, 2.45) is 7.05 Å². The maximum atomic E-state index is 12.5. The Kier molecular flexibility index (Phi) is 7.72. The molecule has 0 saturated carbocycles. The van der Waals surface area contributed by atoms with Crippen molar-refractivity contribution in [3.05, 3.63) is 59.9 Å². The largest absolute Gasteiger partial charge is 0.497 e. The van der Waals surface area contributed by atoms with Crippen molar-refractivity contribution in [2.45, 2.75) is 18.1 Å². The quantitative estimate of drug-likeness (QED) is 0.478. The second kappa shape index (κ2) is 10.7. The van der Waals surface area contributed by atoms with Gasteiger partial charge in [-0.1, -0.05) is 11.8 Å². The molecule has 0 fully saturated rings. The van der Waals surface area contributed by atoms with E-state index in [9.17, 15) is 9.59 Å². The summed E-state index contributed by atoms with van der Waals surface area (Å²) < 4.78 is 12.0. The van der Waals surface area contributed by atoms with Gasteiger partial charge in [0, 0.05) is 18.3 Å². The summed E-state index contributed by atoms with van der Waals surface area (Å²) in [6.45, 7) is 1.83. The minimum absolute atomic E-state index is 0.162. The molecular weight excluding hydrogens is 430 g/mol. The highest BCUT2D eigenvalue weighted by Crippen LogP contribution is 2.21. The molecule has 0 saturated heterocycles. The highest BCUT2D eigenvalue weighted by Gasteiger charge is 2.19. The van der Waals surface area contributed by atoms with Crippen molar-refractivity contribution in [3.8, 4) is 11.5 Å². The van der Waals surface area contributed by atoms with E-state index in [2.05, 4.69) is 20.8 Å². The van der Waals surface area contributed by atoms with Crippen LogP contribution in [0.25, 0.3) is 0 Å². The Morgan fingerprint density at radius 1 is 1.00 bits per heavy atom. The van der Waals surface area contributed by atoms with Gasteiger partial charge in [-0.3, -0.25) is 9.59 Å². The van der Waals surface area contributed by atoms with Crippen molar-refractivity contribution in [1.29, 1.82) is 0 Å². The van der Waals surface area contributed by atoms with E-state index < -0.39 is 0 Å². The molecule has 0 aliphatic carbocycles. The second-order valence-corrected chi connectivity index (χ2v) is 7.83. The Hall–Kier alpha value is -3.53. The Morgan fingerprint density at radius 2 is 1.59 bits per heavy atom. The van der Waals surface area contributed by atoms with E-state index in [0.29, 0.717) is 28.0 Å². The Labute approximate surface area is 190 Å². The number of hydrogen-bond donors (Lipinski definition) is 2. The molecule has 9 nitrogen and oxygen atoms in total. The monoisotopic (exact) mass is 455 g/mol. The topological polar surface area (TPSA) is 107 Å². The summed E-state index contributed by atoms with van der Waals surface area (Å²) in [7, 11) is 4.96. The van der Waals surface area contributed by atoms with E-state index in [1.165, 1.54) is 11.8 Å². The Bertz CT molecular complexity index is 1070. The summed E-state index contributed by atoms with van der Waals surface area (Å²) in [4.78, 5) is 24.8. The fourth-order valence-corrected chi connectivity index (χ4v) is 3.64. The molecule has 0 radical (unpaired) electrons. The van der Waals surface area contributed by atoms with Crippen molar-refractivity contribution in [1.82, 2.24) is 20.1 Å². The van der Waals surface area contributed by atoms with Gasteiger partial charge in [0.05, 0.1) is 26.0 Å². The highest BCUT2D eigenvalue weighted by atomic mass is 32.2. The molecule has 0 bridgehead atoms. The molecule has 3 rings (SSSR count). The van der Waals surface area contributed by atoms with E-state index in [1.54, 1.807) is 74.4 Å². The number of nitrogens with one attached hydrogen (secondary N) is 2. The fraction of sp³-hybridized carbons (Fsp3) is 0.273. The SMILES string of the molecule is COc1ccc(NC(=O)CSc2nnc([C@@H](C)NC(=O)c3ccc(OC)cc3)n2C)cc1. The third kappa shape index (κ3) is 5.79. The average molecular weight is 456 g/mol. The van der Waals surface area contributed by atoms with Crippen LogP contribution in [-0.2, 0) is 11.8 Å². The number of methoxy groups -OCH3 is 2. The first-order valence-corrected chi connectivity index (χ1v) is 10.8. The number of rotatable bonds is 9. The smallest absolute Gasteiger partial charge is 0.251 e. The molecule has 1 atom stereocenters. The lowest BCUT2D eigenvalue weighted by Gasteiger charge is -2.14. The maximum absolute atomic E-state index is 12.5. The van der Waals surface area contributed by atoms with Crippen LogP contribution in [0.1, 0.15) is 29.1 Å². The summed E-state index contributed by atoms with van der Waals surface area (Å²) in [6, 6.07) is 13.6. The van der Waals surface area contributed by atoms with E-state index >= 15 is 0 Å². The third-order valence-corrected chi connectivity index (χ3v) is 5.68. The summed E-state index contributed by atoms with van der Waals surface area (Å²) in [6.07, 6.45) is 0. The second-order valence-electron chi connectivity index (χ2n) is 6.89. The minimum Gasteiger partial charge on any atom is -0.497 e. The number of hydrogen-bond acceptors (Lipinski definition) is 7. The van der Waals surface area contributed by atoms with Gasteiger partial charge in [0.25, 0.3) is 5.91 Å². The van der Waals surface area contributed by atoms with E-state index in [1.807, 2.05) is 6.92 Å². The summed E-state index contributed by atoms with van der Waals surface area (Å²) in [5, 5.41) is 14.6. The predicted molar refractivity (Wildman–Crippen MR) is 122 cm³/mol. The van der Waals surface area contributed by atoms with Crippen LogP contribution in [0.5, 0.6) is 11.5 Å². The normalized spacial score (nSPS) is 11.5. The number of nitrogens with zero attached hydrogens (tertiary/aromatic N) is 3. The molecule has 0 aliphatic heterocycles. The Morgan fingerprint density at radius 3 is 2.19 bits per heavy atom. The molecule has 0 spiro atoms. The number of ether oxygens (including phenoxy) is 2. The van der Waals surface area contributed by atoms with Crippen LogP contribution < -0.4 is 20.1 Å². The van der Waals surface area contributed by atoms with Crippen LogP contribution in [0.15, 0.2) is 53.7 Å². The molecule has 2 N–H and O–H groups in total. The van der Waals surface area contributed by atoms with Gasteiger partial charge in [-0.05, 0) is 55.5 Å². The van der Waals surface area contributed by atoms with Crippen LogP contribution in [0.4, 0.5) is 5.69 Å². The van der Waals surface area contributed by atoms with Gasteiger partial charge in [-0.15, -0.1) is 10.2 Å². The van der Waals surface area contributed by atoms with Crippen LogP contribution >= 0.6 is 11.8 Å². The number of benzene rings is 2. The van der Waals surface area contributed by atoms with Gasteiger partial charge < -0.3 is 24.7 Å². The lowest BCUT2D eigenvalue weighted by atomic mass is 10.2. The number of carbonyl (C=O) groups is 2. The van der Waals surface area contributed by atoms with Gasteiger partial charge in [0.15, 0.2) is 11.0 Å². The zero-order valence-electron chi connectivity index (χ0n) is 18.3. The summed E-state index contributed by atoms with van der Waals surface area (Å²) in [5.41, 5.74) is 1.20. The standard InChI is InChI=1S/C22H25N5O4S/c1-14(23-21(29)15-5-9-17(30-3)10-6-15)20-25-26-22(27(20)2)32-13-19(28)24-16-7-11-18(31-4)12-8-16/h5-12,14H,13H2,1-4H3,(H,23,29)(H,24,28)/t14-/m1/s1. The first-order chi connectivity index (χ1) is 15.4. The molecular formula is C22H25N5O4S. The maximum Gasteiger partial charge on any atom is 0.251 e. The van der Waals surface area contributed by atoms with Gasteiger partial charge >= 0.3 is 0 Å². The van der Waals surface area contributed by atoms with E-state index in [0.717, 1.165) is 5.75 Å². The van der Waals surface area contributed by atoms with E-state index in [-0.39, 0.29) is 23.6 Å². The number of carbonyl (C=O) groups excluding carboxylic acids is 2. The molecule has 3 aromatic rings. The molecule has 1 heterocycles. The average Bonchev–Trinajstić information content (AvgIpc) is 3.18. The van der Waals surface area contributed by atoms with Crippen molar-refractivity contribution in [3.63, 3.8) is 0 Å². The van der Waals surface area contributed by atoms with Crippen molar-refractivity contribution >= 4 is 29.3 Å². The fourth-order valence-electron chi connectivity index (χ4n) is 2.92. The number of anilines is 1. The van der Waals surface area contributed by atoms with Crippen LogP contribution in [0, 0.1) is 0 Å². The van der Waals surface area contributed by atoms with Crippen LogP contribution in [-0.4, -0.2) is 46.6 Å². The molecule has 1 aromatic heterocycles. The number of aromatic nitrogens is 3. The van der Waals surface area contributed by atoms with Crippen molar-refractivity contribution < 1.29 is 19.1 Å². The Balaban J connectivity index is 1.55. The molecule has 168 valence electrons. The van der Waals surface area contributed by atoms with Gasteiger partial charge in [0.2, 0.25) is 5.91 Å².